The van der Waals surface area contributed by atoms with Crippen LogP contribution in [0.15, 0.2) is 0 Å². The third-order valence-corrected chi connectivity index (χ3v) is 4.31. The lowest BCUT2D eigenvalue weighted by Gasteiger charge is -2.32. The Morgan fingerprint density at radius 1 is 1.21 bits per heavy atom. The van der Waals surface area contributed by atoms with Gasteiger partial charge in [-0.05, 0) is 25.7 Å². The molecule has 0 aromatic rings. The largest absolute Gasteiger partial charge is 0.481 e. The number of carboxylic acid groups (broad SMARTS) is 1. The van der Waals surface area contributed by atoms with Crippen molar-refractivity contribution in [1.29, 1.82) is 0 Å². The van der Waals surface area contributed by atoms with Crippen LogP contribution in [0.25, 0.3) is 0 Å². The van der Waals surface area contributed by atoms with Gasteiger partial charge in [0.25, 0.3) is 0 Å². The lowest BCUT2D eigenvalue weighted by Crippen LogP contribution is -2.40. The predicted molar refractivity (Wildman–Crippen MR) is 69.8 cm³/mol. The number of nitrogens with one attached hydrogen (secondary N) is 1. The molecule has 1 aliphatic carbocycles. The van der Waals surface area contributed by atoms with Gasteiger partial charge in [-0.3, -0.25) is 9.59 Å². The van der Waals surface area contributed by atoms with E-state index in [9.17, 15) is 14.7 Å². The first-order chi connectivity index (χ1) is 9.12. The van der Waals surface area contributed by atoms with E-state index >= 15 is 0 Å². The van der Waals surface area contributed by atoms with Crippen LogP contribution in [0.3, 0.4) is 0 Å². The fourth-order valence-electron chi connectivity index (χ4n) is 3.10. The molecule has 0 aromatic heterocycles. The Balaban J connectivity index is 1.82. The van der Waals surface area contributed by atoms with Crippen molar-refractivity contribution < 1.29 is 19.4 Å². The molecule has 2 aliphatic rings. The normalized spacial score (nSPS) is 26.0. The van der Waals surface area contributed by atoms with Gasteiger partial charge in [-0.15, -0.1) is 0 Å². The van der Waals surface area contributed by atoms with E-state index in [1.165, 1.54) is 0 Å². The second kappa shape index (κ2) is 6.37. The summed E-state index contributed by atoms with van der Waals surface area (Å²) in [6, 6.07) is 0. The molecule has 1 saturated heterocycles. The highest BCUT2D eigenvalue weighted by Gasteiger charge is 2.41. The molecular formula is C14H23NO4. The van der Waals surface area contributed by atoms with E-state index in [0.29, 0.717) is 19.4 Å². The first-order valence-electron chi connectivity index (χ1n) is 7.24. The van der Waals surface area contributed by atoms with Gasteiger partial charge < -0.3 is 15.2 Å². The summed E-state index contributed by atoms with van der Waals surface area (Å²) in [4.78, 5) is 23.4. The van der Waals surface area contributed by atoms with E-state index in [-0.39, 0.29) is 18.4 Å². The summed E-state index contributed by atoms with van der Waals surface area (Å²) < 4.78 is 5.43. The van der Waals surface area contributed by atoms with Crippen molar-refractivity contribution in [3.63, 3.8) is 0 Å². The molecular weight excluding hydrogens is 246 g/mol. The summed E-state index contributed by atoms with van der Waals surface area (Å²) in [6.45, 7) is 1.27. The number of hydrogen-bond donors (Lipinski definition) is 2. The highest BCUT2D eigenvalue weighted by atomic mass is 16.5. The quantitative estimate of drug-likeness (QED) is 0.796. The van der Waals surface area contributed by atoms with Crippen molar-refractivity contribution >= 4 is 11.9 Å². The third kappa shape index (κ3) is 3.69. The van der Waals surface area contributed by atoms with Crippen LogP contribution in [0.5, 0.6) is 0 Å². The number of hydrogen-bond acceptors (Lipinski definition) is 3. The van der Waals surface area contributed by atoms with Gasteiger partial charge >= 0.3 is 5.97 Å². The van der Waals surface area contributed by atoms with Crippen LogP contribution in [-0.4, -0.2) is 36.2 Å². The summed E-state index contributed by atoms with van der Waals surface area (Å²) in [5.41, 5.74) is -0.834. The molecule has 0 aromatic carbocycles. The van der Waals surface area contributed by atoms with Gasteiger partial charge in [0.2, 0.25) is 5.91 Å². The van der Waals surface area contributed by atoms with Crippen LogP contribution >= 0.6 is 0 Å². The minimum atomic E-state index is -0.834. The topological polar surface area (TPSA) is 75.6 Å². The Hall–Kier alpha value is -1.10. The van der Waals surface area contributed by atoms with Gasteiger partial charge in [0.15, 0.2) is 0 Å². The van der Waals surface area contributed by atoms with E-state index in [1.54, 1.807) is 0 Å². The molecule has 0 bridgehead atoms. The van der Waals surface area contributed by atoms with Gasteiger partial charge in [-0.2, -0.15) is 0 Å². The van der Waals surface area contributed by atoms with Crippen LogP contribution in [0.2, 0.25) is 0 Å². The maximum absolute atomic E-state index is 11.9. The molecule has 2 fully saturated rings. The van der Waals surface area contributed by atoms with Crippen LogP contribution < -0.4 is 5.32 Å². The van der Waals surface area contributed by atoms with Crippen molar-refractivity contribution in [3.8, 4) is 0 Å². The van der Waals surface area contributed by atoms with Gasteiger partial charge in [0.1, 0.15) is 0 Å². The maximum atomic E-state index is 11.9. The average molecular weight is 269 g/mol. The fourth-order valence-corrected chi connectivity index (χ4v) is 3.10. The Bertz CT molecular complexity index is 330. The van der Waals surface area contributed by atoms with Crippen molar-refractivity contribution in [2.75, 3.05) is 13.2 Å². The maximum Gasteiger partial charge on any atom is 0.310 e. The highest BCUT2D eigenvalue weighted by molar-refractivity contribution is 5.85. The smallest absolute Gasteiger partial charge is 0.310 e. The first kappa shape index (κ1) is 14.3. The monoisotopic (exact) mass is 269 g/mol. The molecule has 5 heteroatoms. The lowest BCUT2D eigenvalue weighted by molar-refractivity contribution is -0.154. The number of carbonyl (C=O) groups is 2. The van der Waals surface area contributed by atoms with E-state index in [0.717, 1.165) is 38.7 Å². The highest BCUT2D eigenvalue weighted by Crippen LogP contribution is 2.39. The SMILES string of the molecule is O=C(CC1(C(=O)O)CCCCC1)NCC1CCCO1. The second-order valence-corrected chi connectivity index (χ2v) is 5.76. The number of carboxylic acids is 1. The summed E-state index contributed by atoms with van der Waals surface area (Å²) >= 11 is 0. The summed E-state index contributed by atoms with van der Waals surface area (Å²) in [6.07, 6.45) is 6.36. The first-order valence-corrected chi connectivity index (χ1v) is 7.24. The molecule has 2 N–H and O–H groups in total. The van der Waals surface area contributed by atoms with Gasteiger partial charge in [0.05, 0.1) is 11.5 Å². The average Bonchev–Trinajstić information content (AvgIpc) is 2.90. The summed E-state index contributed by atoms with van der Waals surface area (Å²) in [5, 5.41) is 12.2. The zero-order valence-electron chi connectivity index (χ0n) is 11.3. The summed E-state index contributed by atoms with van der Waals surface area (Å²) in [5.74, 6) is -0.973. The number of ether oxygens (including phenoxy) is 1. The van der Waals surface area contributed by atoms with E-state index in [4.69, 9.17) is 4.74 Å². The number of rotatable bonds is 5. The molecule has 1 atom stereocenters. The number of aliphatic carboxylic acids is 1. The van der Waals surface area contributed by atoms with Crippen LogP contribution in [-0.2, 0) is 14.3 Å². The second-order valence-electron chi connectivity index (χ2n) is 5.76. The Morgan fingerprint density at radius 3 is 2.53 bits per heavy atom. The number of amides is 1. The van der Waals surface area contributed by atoms with Crippen molar-refractivity contribution in [1.82, 2.24) is 5.32 Å². The van der Waals surface area contributed by atoms with E-state index < -0.39 is 11.4 Å². The van der Waals surface area contributed by atoms with Crippen LogP contribution in [0.1, 0.15) is 51.4 Å². The molecule has 5 nitrogen and oxygen atoms in total. The van der Waals surface area contributed by atoms with Crippen LogP contribution in [0, 0.1) is 5.41 Å². The molecule has 1 unspecified atom stereocenters. The zero-order chi connectivity index (χ0) is 13.7. The molecule has 0 radical (unpaired) electrons. The Kier molecular flexibility index (Phi) is 4.80. The number of carbonyl (C=O) groups excluding carboxylic acids is 1. The van der Waals surface area contributed by atoms with Gasteiger partial charge in [-0.25, -0.2) is 0 Å². The Labute approximate surface area is 113 Å². The molecule has 1 heterocycles. The molecule has 1 saturated carbocycles. The van der Waals surface area contributed by atoms with Gasteiger partial charge in [0, 0.05) is 19.6 Å². The molecule has 19 heavy (non-hydrogen) atoms. The minimum absolute atomic E-state index is 0.106. The minimum Gasteiger partial charge on any atom is -0.481 e. The molecule has 2 rings (SSSR count). The van der Waals surface area contributed by atoms with Crippen molar-refractivity contribution in [2.45, 2.75) is 57.5 Å². The molecule has 108 valence electrons. The zero-order valence-corrected chi connectivity index (χ0v) is 11.3. The van der Waals surface area contributed by atoms with Gasteiger partial charge in [-0.1, -0.05) is 19.3 Å². The van der Waals surface area contributed by atoms with Crippen LogP contribution in [0.4, 0.5) is 0 Å². The predicted octanol–water partition coefficient (Wildman–Crippen LogP) is 1.71. The lowest BCUT2D eigenvalue weighted by atomic mass is 9.71. The standard InChI is InChI=1S/C14H23NO4/c16-12(15-10-11-5-4-8-19-11)9-14(13(17)18)6-2-1-3-7-14/h11H,1-10H2,(H,15,16)(H,17,18). The third-order valence-electron chi connectivity index (χ3n) is 4.31. The van der Waals surface area contributed by atoms with E-state index in [2.05, 4.69) is 5.32 Å². The van der Waals surface area contributed by atoms with Crippen molar-refractivity contribution in [2.24, 2.45) is 5.41 Å². The molecule has 1 aliphatic heterocycles. The Morgan fingerprint density at radius 2 is 1.95 bits per heavy atom. The summed E-state index contributed by atoms with van der Waals surface area (Å²) in [7, 11) is 0. The fraction of sp³-hybridized carbons (Fsp3) is 0.857. The van der Waals surface area contributed by atoms with Crippen molar-refractivity contribution in [3.05, 3.63) is 0 Å². The molecule has 1 amide bonds. The molecule has 0 spiro atoms. The van der Waals surface area contributed by atoms with E-state index in [1.807, 2.05) is 0 Å².